The third kappa shape index (κ3) is 2.30. The lowest BCUT2D eigenvalue weighted by Crippen LogP contribution is -2.16. The van der Waals surface area contributed by atoms with Crippen LogP contribution in [-0.4, -0.2) is 7.11 Å². The molecule has 0 bridgehead atoms. The summed E-state index contributed by atoms with van der Waals surface area (Å²) in [6.45, 7) is 2.09. The Balaban J connectivity index is 2.33. The minimum absolute atomic E-state index is 0.424. The van der Waals surface area contributed by atoms with E-state index in [-0.39, 0.29) is 0 Å². The fourth-order valence-electron chi connectivity index (χ4n) is 2.05. The number of halogens is 2. The highest BCUT2D eigenvalue weighted by atomic mass is 79.9. The SMILES string of the molecule is COc1cc(C)c(Br)cc1C(Br)C1CCC1. The highest BCUT2D eigenvalue weighted by Gasteiger charge is 2.28. The Morgan fingerprint density at radius 2 is 2.06 bits per heavy atom. The molecule has 1 unspecified atom stereocenters. The zero-order valence-corrected chi connectivity index (χ0v) is 12.8. The quantitative estimate of drug-likeness (QED) is 0.699. The third-order valence-electron chi connectivity index (χ3n) is 3.37. The van der Waals surface area contributed by atoms with Crippen molar-refractivity contribution in [3.8, 4) is 5.75 Å². The predicted molar refractivity (Wildman–Crippen MR) is 74.4 cm³/mol. The summed E-state index contributed by atoms with van der Waals surface area (Å²) in [5.41, 5.74) is 2.48. The van der Waals surface area contributed by atoms with Crippen LogP contribution in [0.2, 0.25) is 0 Å². The summed E-state index contributed by atoms with van der Waals surface area (Å²) in [6, 6.07) is 4.29. The maximum absolute atomic E-state index is 5.47. The minimum atomic E-state index is 0.424. The summed E-state index contributed by atoms with van der Waals surface area (Å²) in [5, 5.41) is 0. The van der Waals surface area contributed by atoms with Gasteiger partial charge in [-0.1, -0.05) is 38.3 Å². The molecular formula is C13H16Br2O. The van der Waals surface area contributed by atoms with Crippen molar-refractivity contribution < 1.29 is 4.74 Å². The van der Waals surface area contributed by atoms with Crippen LogP contribution in [0.3, 0.4) is 0 Å². The maximum atomic E-state index is 5.47. The summed E-state index contributed by atoms with van der Waals surface area (Å²) >= 11 is 7.40. The van der Waals surface area contributed by atoms with E-state index < -0.39 is 0 Å². The van der Waals surface area contributed by atoms with E-state index in [0.717, 1.165) is 16.1 Å². The summed E-state index contributed by atoms with van der Waals surface area (Å²) in [7, 11) is 1.74. The summed E-state index contributed by atoms with van der Waals surface area (Å²) in [6.07, 6.45) is 4.01. The minimum Gasteiger partial charge on any atom is -0.496 e. The van der Waals surface area contributed by atoms with Gasteiger partial charge in [-0.3, -0.25) is 0 Å². The van der Waals surface area contributed by atoms with Crippen LogP contribution < -0.4 is 4.74 Å². The van der Waals surface area contributed by atoms with E-state index in [0.29, 0.717) is 4.83 Å². The molecule has 1 saturated carbocycles. The molecule has 88 valence electrons. The van der Waals surface area contributed by atoms with Gasteiger partial charge < -0.3 is 4.74 Å². The van der Waals surface area contributed by atoms with E-state index in [1.165, 1.54) is 30.4 Å². The van der Waals surface area contributed by atoms with Crippen LogP contribution in [0.5, 0.6) is 5.75 Å². The smallest absolute Gasteiger partial charge is 0.123 e. The van der Waals surface area contributed by atoms with Crippen molar-refractivity contribution in [2.45, 2.75) is 31.0 Å². The van der Waals surface area contributed by atoms with Crippen molar-refractivity contribution in [3.63, 3.8) is 0 Å². The first-order chi connectivity index (χ1) is 7.63. The number of ether oxygens (including phenoxy) is 1. The largest absolute Gasteiger partial charge is 0.496 e. The molecule has 1 fully saturated rings. The molecule has 0 radical (unpaired) electrons. The number of aryl methyl sites for hydroxylation is 1. The van der Waals surface area contributed by atoms with E-state index >= 15 is 0 Å². The van der Waals surface area contributed by atoms with Gasteiger partial charge in [0.2, 0.25) is 0 Å². The molecule has 1 aromatic carbocycles. The van der Waals surface area contributed by atoms with Crippen molar-refractivity contribution in [3.05, 3.63) is 27.7 Å². The fourth-order valence-corrected chi connectivity index (χ4v) is 3.30. The van der Waals surface area contributed by atoms with E-state index in [9.17, 15) is 0 Å². The molecule has 0 spiro atoms. The lowest BCUT2D eigenvalue weighted by molar-refractivity contribution is 0.307. The molecule has 0 aromatic heterocycles. The van der Waals surface area contributed by atoms with Gasteiger partial charge in [0.15, 0.2) is 0 Å². The standard InChI is InChI=1S/C13H16Br2O/c1-8-6-12(16-2)10(7-11(8)14)13(15)9-4-3-5-9/h6-7,9,13H,3-5H2,1-2H3. The fraction of sp³-hybridized carbons (Fsp3) is 0.538. The van der Waals surface area contributed by atoms with Gasteiger partial charge >= 0.3 is 0 Å². The molecule has 0 N–H and O–H groups in total. The van der Waals surface area contributed by atoms with Crippen LogP contribution in [0.15, 0.2) is 16.6 Å². The van der Waals surface area contributed by atoms with Crippen LogP contribution in [0, 0.1) is 12.8 Å². The molecule has 1 atom stereocenters. The van der Waals surface area contributed by atoms with E-state index in [2.05, 4.69) is 50.9 Å². The van der Waals surface area contributed by atoms with E-state index in [4.69, 9.17) is 4.74 Å². The lowest BCUT2D eigenvalue weighted by Gasteiger charge is -2.31. The molecule has 1 nitrogen and oxygen atoms in total. The van der Waals surface area contributed by atoms with E-state index in [1.54, 1.807) is 7.11 Å². The Morgan fingerprint density at radius 1 is 1.38 bits per heavy atom. The molecule has 0 aliphatic heterocycles. The zero-order valence-electron chi connectivity index (χ0n) is 9.59. The summed E-state index contributed by atoms with van der Waals surface area (Å²) < 4.78 is 6.63. The number of benzene rings is 1. The Morgan fingerprint density at radius 3 is 2.56 bits per heavy atom. The van der Waals surface area contributed by atoms with Crippen LogP contribution in [0.4, 0.5) is 0 Å². The van der Waals surface area contributed by atoms with Gasteiger partial charge in [-0.05, 0) is 43.4 Å². The Kier molecular flexibility index (Phi) is 3.96. The molecule has 16 heavy (non-hydrogen) atoms. The average Bonchev–Trinajstić information content (AvgIpc) is 2.18. The monoisotopic (exact) mass is 346 g/mol. The molecule has 0 saturated heterocycles. The number of hydrogen-bond donors (Lipinski definition) is 0. The van der Waals surface area contributed by atoms with Crippen LogP contribution in [0.1, 0.15) is 35.2 Å². The average molecular weight is 348 g/mol. The molecule has 1 aromatic rings. The highest BCUT2D eigenvalue weighted by molar-refractivity contribution is 9.10. The zero-order chi connectivity index (χ0) is 11.7. The normalized spacial score (nSPS) is 18.0. The maximum Gasteiger partial charge on any atom is 0.123 e. The van der Waals surface area contributed by atoms with Gasteiger partial charge in [0.1, 0.15) is 5.75 Å². The molecule has 2 rings (SSSR count). The van der Waals surface area contributed by atoms with Gasteiger partial charge in [-0.15, -0.1) is 0 Å². The van der Waals surface area contributed by atoms with Gasteiger partial charge in [0.25, 0.3) is 0 Å². The number of methoxy groups -OCH3 is 1. The van der Waals surface area contributed by atoms with Crippen LogP contribution in [-0.2, 0) is 0 Å². The Labute approximate surface area is 114 Å². The predicted octanol–water partition coefficient (Wildman–Crippen LogP) is 5.00. The van der Waals surface area contributed by atoms with Gasteiger partial charge in [0, 0.05) is 14.9 Å². The van der Waals surface area contributed by atoms with Crippen molar-refractivity contribution in [1.82, 2.24) is 0 Å². The first-order valence-electron chi connectivity index (χ1n) is 5.61. The third-order valence-corrected chi connectivity index (χ3v) is 5.47. The lowest BCUT2D eigenvalue weighted by atomic mass is 9.80. The molecule has 0 amide bonds. The first-order valence-corrected chi connectivity index (χ1v) is 7.32. The van der Waals surface area contributed by atoms with Crippen molar-refractivity contribution in [1.29, 1.82) is 0 Å². The second kappa shape index (κ2) is 5.09. The number of rotatable bonds is 3. The van der Waals surface area contributed by atoms with Crippen molar-refractivity contribution in [2.24, 2.45) is 5.92 Å². The highest BCUT2D eigenvalue weighted by Crippen LogP contribution is 2.46. The molecule has 1 aliphatic carbocycles. The molecule has 1 aliphatic rings. The molecule has 3 heteroatoms. The van der Waals surface area contributed by atoms with Gasteiger partial charge in [-0.2, -0.15) is 0 Å². The second-order valence-corrected chi connectivity index (χ2v) is 6.28. The number of hydrogen-bond acceptors (Lipinski definition) is 1. The first kappa shape index (κ1) is 12.4. The van der Waals surface area contributed by atoms with Crippen molar-refractivity contribution >= 4 is 31.9 Å². The molecule has 0 heterocycles. The van der Waals surface area contributed by atoms with Gasteiger partial charge in [-0.25, -0.2) is 0 Å². The summed E-state index contributed by atoms with van der Waals surface area (Å²) in [5.74, 6) is 1.76. The Hall–Kier alpha value is -0.0200. The Bertz CT molecular complexity index is 386. The van der Waals surface area contributed by atoms with Crippen LogP contribution in [0.25, 0.3) is 0 Å². The second-order valence-electron chi connectivity index (χ2n) is 4.44. The van der Waals surface area contributed by atoms with Crippen molar-refractivity contribution in [2.75, 3.05) is 7.11 Å². The van der Waals surface area contributed by atoms with E-state index in [1.807, 2.05) is 0 Å². The topological polar surface area (TPSA) is 9.23 Å². The number of alkyl halides is 1. The molecular weight excluding hydrogens is 332 g/mol. The summed E-state index contributed by atoms with van der Waals surface area (Å²) in [4.78, 5) is 0.424. The van der Waals surface area contributed by atoms with Gasteiger partial charge in [0.05, 0.1) is 7.11 Å². The van der Waals surface area contributed by atoms with Crippen LogP contribution >= 0.6 is 31.9 Å².